The van der Waals surface area contributed by atoms with Gasteiger partial charge in [-0.05, 0) is 16.6 Å². The van der Waals surface area contributed by atoms with E-state index in [0.29, 0.717) is 0 Å². The van der Waals surface area contributed by atoms with Gasteiger partial charge in [0.1, 0.15) is 0 Å². The summed E-state index contributed by atoms with van der Waals surface area (Å²) in [5.74, 6) is 0. The standard InChI is InChI=1S/C11H17NSSi/c1-5-10(14(2,3)4)11(12)9-7-6-8-13-9/h6-8,11H,1,12H2,2-4H3/t11-/m0/s1. The molecular formula is C11H17NSSi. The maximum atomic E-state index is 6.19. The molecule has 1 aromatic rings. The summed E-state index contributed by atoms with van der Waals surface area (Å²) in [4.78, 5) is 1.21. The van der Waals surface area contributed by atoms with Crippen LogP contribution in [0.4, 0.5) is 0 Å². The van der Waals surface area contributed by atoms with Gasteiger partial charge in [0.2, 0.25) is 0 Å². The second kappa shape index (κ2) is 4.28. The van der Waals surface area contributed by atoms with Gasteiger partial charge in [0, 0.05) is 4.88 Å². The molecule has 1 rings (SSSR count). The van der Waals surface area contributed by atoms with E-state index >= 15 is 0 Å². The molecule has 0 saturated heterocycles. The number of thiophene rings is 1. The zero-order valence-corrected chi connectivity index (χ0v) is 10.8. The molecule has 0 aliphatic heterocycles. The van der Waals surface area contributed by atoms with Crippen LogP contribution in [0.1, 0.15) is 10.9 Å². The second-order valence-corrected chi connectivity index (χ2v) is 10.4. The van der Waals surface area contributed by atoms with Gasteiger partial charge in [-0.2, -0.15) is 0 Å². The van der Waals surface area contributed by atoms with E-state index in [1.807, 2.05) is 6.07 Å². The van der Waals surface area contributed by atoms with Gasteiger partial charge >= 0.3 is 0 Å². The fourth-order valence-corrected chi connectivity index (χ4v) is 3.91. The van der Waals surface area contributed by atoms with Crippen molar-refractivity contribution in [3.05, 3.63) is 39.9 Å². The molecule has 0 radical (unpaired) electrons. The first-order chi connectivity index (χ1) is 6.46. The van der Waals surface area contributed by atoms with Gasteiger partial charge in [0.15, 0.2) is 0 Å². The lowest BCUT2D eigenvalue weighted by Gasteiger charge is -2.23. The molecule has 0 bridgehead atoms. The van der Waals surface area contributed by atoms with Crippen molar-refractivity contribution in [2.24, 2.45) is 5.73 Å². The van der Waals surface area contributed by atoms with Gasteiger partial charge < -0.3 is 5.73 Å². The summed E-state index contributed by atoms with van der Waals surface area (Å²) in [6, 6.07) is 4.11. The fourth-order valence-electron chi connectivity index (χ4n) is 1.45. The van der Waals surface area contributed by atoms with Crippen LogP contribution in [0.25, 0.3) is 0 Å². The van der Waals surface area contributed by atoms with E-state index in [9.17, 15) is 0 Å². The van der Waals surface area contributed by atoms with Crippen molar-refractivity contribution < 1.29 is 0 Å². The van der Waals surface area contributed by atoms with E-state index < -0.39 is 8.07 Å². The first-order valence-electron chi connectivity index (χ1n) is 4.66. The van der Waals surface area contributed by atoms with Crippen molar-refractivity contribution in [3.63, 3.8) is 0 Å². The third kappa shape index (κ3) is 2.46. The average Bonchev–Trinajstić information content (AvgIpc) is 2.53. The maximum Gasteiger partial charge on any atom is 0.0848 e. The summed E-state index contributed by atoms with van der Waals surface area (Å²) in [5, 5.41) is 3.26. The predicted octanol–water partition coefficient (Wildman–Crippen LogP) is 3.34. The highest BCUT2D eigenvalue weighted by atomic mass is 32.1. The predicted molar refractivity (Wildman–Crippen MR) is 67.2 cm³/mol. The summed E-state index contributed by atoms with van der Waals surface area (Å²) in [5.41, 5.74) is 9.23. The molecule has 0 spiro atoms. The Balaban J connectivity index is 3.00. The number of hydrogen-bond acceptors (Lipinski definition) is 2. The minimum Gasteiger partial charge on any atom is -0.320 e. The zero-order valence-electron chi connectivity index (χ0n) is 9.00. The van der Waals surface area contributed by atoms with Crippen molar-refractivity contribution in [2.75, 3.05) is 0 Å². The summed E-state index contributed by atoms with van der Waals surface area (Å²) < 4.78 is 0. The molecule has 14 heavy (non-hydrogen) atoms. The monoisotopic (exact) mass is 223 g/mol. The number of nitrogens with two attached hydrogens (primary N) is 1. The van der Waals surface area contributed by atoms with Crippen molar-refractivity contribution in [3.8, 4) is 0 Å². The van der Waals surface area contributed by atoms with Gasteiger partial charge in [-0.1, -0.05) is 32.3 Å². The van der Waals surface area contributed by atoms with Crippen LogP contribution >= 0.6 is 11.3 Å². The Morgan fingerprint density at radius 3 is 2.57 bits per heavy atom. The van der Waals surface area contributed by atoms with Crippen LogP contribution in [0.5, 0.6) is 0 Å². The van der Waals surface area contributed by atoms with E-state index in [4.69, 9.17) is 5.73 Å². The quantitative estimate of drug-likeness (QED) is 0.617. The topological polar surface area (TPSA) is 26.0 Å². The summed E-state index contributed by atoms with van der Waals surface area (Å²) >= 11 is 1.70. The Labute approximate surface area is 91.0 Å². The minimum atomic E-state index is -1.38. The average molecular weight is 223 g/mol. The Hall–Kier alpha value is -0.603. The molecule has 1 heterocycles. The Kier molecular flexibility index (Phi) is 3.51. The summed E-state index contributed by atoms with van der Waals surface area (Å²) in [7, 11) is -1.38. The minimum absolute atomic E-state index is 0.000772. The lowest BCUT2D eigenvalue weighted by Crippen LogP contribution is -2.31. The molecule has 0 fully saturated rings. The first-order valence-corrected chi connectivity index (χ1v) is 9.04. The third-order valence-electron chi connectivity index (χ3n) is 2.16. The molecule has 1 atom stereocenters. The molecule has 1 aromatic heterocycles. The number of hydrogen-bond donors (Lipinski definition) is 1. The smallest absolute Gasteiger partial charge is 0.0848 e. The van der Waals surface area contributed by atoms with E-state index in [1.54, 1.807) is 11.3 Å². The first kappa shape index (κ1) is 11.5. The highest BCUT2D eigenvalue weighted by Crippen LogP contribution is 2.28. The maximum absolute atomic E-state index is 6.19. The molecule has 1 nitrogen and oxygen atoms in total. The van der Waals surface area contributed by atoms with Crippen molar-refractivity contribution in [1.29, 1.82) is 0 Å². The van der Waals surface area contributed by atoms with E-state index in [-0.39, 0.29) is 6.04 Å². The normalized spacial score (nSPS) is 13.4. The van der Waals surface area contributed by atoms with Crippen LogP contribution in [0.15, 0.2) is 35.0 Å². The molecule has 0 aliphatic rings. The van der Waals surface area contributed by atoms with Crippen LogP contribution in [0.3, 0.4) is 0 Å². The highest BCUT2D eigenvalue weighted by Gasteiger charge is 2.25. The van der Waals surface area contributed by atoms with Crippen molar-refractivity contribution in [1.82, 2.24) is 0 Å². The lowest BCUT2D eigenvalue weighted by atomic mass is 10.2. The largest absolute Gasteiger partial charge is 0.320 e. The zero-order chi connectivity index (χ0) is 10.8. The third-order valence-corrected chi connectivity index (χ3v) is 5.22. The van der Waals surface area contributed by atoms with Crippen molar-refractivity contribution >= 4 is 19.4 Å². The molecule has 0 saturated carbocycles. The van der Waals surface area contributed by atoms with Crippen LogP contribution in [-0.2, 0) is 0 Å². The molecule has 0 aromatic carbocycles. The number of rotatable bonds is 3. The molecular weight excluding hydrogens is 206 g/mol. The van der Waals surface area contributed by atoms with Gasteiger partial charge in [0.25, 0.3) is 0 Å². The lowest BCUT2D eigenvalue weighted by molar-refractivity contribution is 0.907. The highest BCUT2D eigenvalue weighted by molar-refractivity contribution is 7.10. The molecule has 0 unspecified atom stereocenters. The van der Waals surface area contributed by atoms with Gasteiger partial charge in [-0.3, -0.25) is 0 Å². The van der Waals surface area contributed by atoms with E-state index in [1.165, 1.54) is 10.1 Å². The van der Waals surface area contributed by atoms with Crippen LogP contribution in [0.2, 0.25) is 19.6 Å². The molecule has 0 aliphatic carbocycles. The van der Waals surface area contributed by atoms with Gasteiger partial charge in [-0.15, -0.1) is 17.1 Å². The van der Waals surface area contributed by atoms with E-state index in [2.05, 4.69) is 43.4 Å². The second-order valence-electron chi connectivity index (χ2n) is 4.33. The molecule has 76 valence electrons. The van der Waals surface area contributed by atoms with E-state index in [0.717, 1.165) is 0 Å². The molecule has 2 N–H and O–H groups in total. The van der Waals surface area contributed by atoms with Crippen molar-refractivity contribution in [2.45, 2.75) is 25.7 Å². The fraction of sp³-hybridized carbons (Fsp3) is 0.364. The van der Waals surface area contributed by atoms with Crippen LogP contribution in [0, 0.1) is 0 Å². The molecule has 0 amide bonds. The van der Waals surface area contributed by atoms with Crippen LogP contribution < -0.4 is 5.73 Å². The summed E-state index contributed by atoms with van der Waals surface area (Å²) in [6.07, 6.45) is 0. The van der Waals surface area contributed by atoms with Gasteiger partial charge in [-0.25, -0.2) is 0 Å². The SMILES string of the molecule is C=C=C([C@@H](N)c1cccs1)[Si](C)(C)C. The summed E-state index contributed by atoms with van der Waals surface area (Å²) in [6.45, 7) is 10.6. The molecule has 3 heteroatoms. The van der Waals surface area contributed by atoms with Gasteiger partial charge in [0.05, 0.1) is 14.1 Å². The Morgan fingerprint density at radius 2 is 2.21 bits per heavy atom. The Morgan fingerprint density at radius 1 is 1.57 bits per heavy atom. The van der Waals surface area contributed by atoms with Crippen LogP contribution in [-0.4, -0.2) is 8.07 Å². The Bertz CT molecular complexity index is 342.